The van der Waals surface area contributed by atoms with Gasteiger partial charge < -0.3 is 9.96 Å². The molecule has 0 aromatic rings. The van der Waals surface area contributed by atoms with Crippen LogP contribution in [-0.4, -0.2) is 22.5 Å². The molecule has 0 bridgehead atoms. The summed E-state index contributed by atoms with van der Waals surface area (Å²) in [6.45, 7) is 4.21. The Labute approximate surface area is 80.9 Å². The van der Waals surface area contributed by atoms with Gasteiger partial charge in [-0.3, -0.25) is 0 Å². The van der Waals surface area contributed by atoms with Crippen LogP contribution in [0.15, 0.2) is 0 Å². The zero-order valence-electron chi connectivity index (χ0n) is 6.65. The van der Waals surface area contributed by atoms with Crippen LogP contribution >= 0.6 is 18.6 Å². The molecule has 0 heterocycles. The number of halogens is 2. The average Bonchev–Trinajstić information content (AvgIpc) is 1.90. The van der Waals surface area contributed by atoms with Gasteiger partial charge in [-0.25, -0.2) is 0 Å². The Morgan fingerprint density at radius 1 is 1.10 bits per heavy atom. The van der Waals surface area contributed by atoms with Gasteiger partial charge in [0.05, 0.1) is 0 Å². The summed E-state index contributed by atoms with van der Waals surface area (Å²) in [7, 11) is 12.0. The molecule has 10 heavy (non-hydrogen) atoms. The molecule has 0 unspecified atom stereocenters. The third kappa shape index (κ3) is 12.1. The van der Waals surface area contributed by atoms with Crippen LogP contribution in [0.2, 0.25) is 13.1 Å². The van der Waals surface area contributed by atoms with Crippen LogP contribution < -0.4 is 0 Å². The summed E-state index contributed by atoms with van der Waals surface area (Å²) in [6.07, 6.45) is 0. The predicted octanol–water partition coefficient (Wildman–Crippen LogP) is 3.07. The summed E-state index contributed by atoms with van der Waals surface area (Å²) in [4.78, 5) is 8.22. The third-order valence-electron chi connectivity index (χ3n) is 1.09. The summed E-state index contributed by atoms with van der Waals surface area (Å²) in [6, 6.07) is 0. The van der Waals surface area contributed by atoms with Crippen molar-refractivity contribution in [2.24, 2.45) is 0 Å². The molecule has 0 aliphatic rings. The molecule has 0 atom stereocenters. The van der Waals surface area contributed by atoms with Crippen LogP contribution in [0.25, 0.3) is 9.96 Å². The Bertz CT molecular complexity index is 68.3. The fraction of sp³-hybridized carbons (Fsp3) is 1.00. The number of rotatable bonds is 2. The van der Waals surface area contributed by atoms with E-state index >= 15 is 0 Å². The van der Waals surface area contributed by atoms with Crippen molar-refractivity contribution in [3.05, 3.63) is 9.96 Å². The topological polar surface area (TPSA) is 28.2 Å². The summed E-state index contributed by atoms with van der Waals surface area (Å²) in [5, 5.41) is 0. The van der Waals surface area contributed by atoms with E-state index in [9.17, 15) is 0 Å². The van der Waals surface area contributed by atoms with E-state index in [1.165, 1.54) is 0 Å². The van der Waals surface area contributed by atoms with Gasteiger partial charge in [0.25, 0.3) is 0 Å². The van der Waals surface area contributed by atoms with Crippen LogP contribution in [0.5, 0.6) is 0 Å². The monoisotopic (exact) mass is 234 g/mol. The minimum absolute atomic E-state index is 0.556. The first-order valence-corrected chi connectivity index (χ1v) is 9.91. The maximum absolute atomic E-state index is 4.89. The van der Waals surface area contributed by atoms with E-state index in [1.807, 2.05) is 14.1 Å². The van der Waals surface area contributed by atoms with Crippen LogP contribution in [0.1, 0.15) is 0 Å². The van der Waals surface area contributed by atoms with Gasteiger partial charge in [0, 0.05) is 0 Å². The summed E-state index contributed by atoms with van der Waals surface area (Å²) in [5.41, 5.74) is 0. The molecule has 0 saturated heterocycles. The van der Waals surface area contributed by atoms with E-state index in [1.54, 1.807) is 0 Å². The molecule has 0 spiro atoms. The van der Waals surface area contributed by atoms with E-state index in [4.69, 9.17) is 18.6 Å². The third-order valence-corrected chi connectivity index (χ3v) is 3.28. The summed E-state index contributed by atoms with van der Waals surface area (Å²) < 4.78 is 0. The number of hydrogen-bond donors (Lipinski definition) is 0. The standard InChI is InChI=1S/C4H12N2Si.2ClH.Ti/c1-5-7(3,4)6-2;;;/h1-4H3;2*1H;/q-2;;;+2/p-2. The first-order chi connectivity index (χ1) is 4.54. The SMILES string of the molecule is C[N-][Si](C)(C)[N-]C.[Cl][Ti][Cl]. The van der Waals surface area contributed by atoms with Crippen molar-refractivity contribution in [1.82, 2.24) is 0 Å². The molecule has 6 heteroatoms. The second kappa shape index (κ2) is 8.53. The average molecular weight is 235 g/mol. The molecule has 0 saturated carbocycles. The Morgan fingerprint density at radius 2 is 1.30 bits per heavy atom. The van der Waals surface area contributed by atoms with Crippen LogP contribution in [0.3, 0.4) is 0 Å². The van der Waals surface area contributed by atoms with Crippen LogP contribution in [0.4, 0.5) is 0 Å². The molecule has 0 N–H and O–H groups in total. The molecule has 0 aromatic heterocycles. The van der Waals surface area contributed by atoms with Gasteiger partial charge in [0.2, 0.25) is 0 Å². The molecule has 2 nitrogen and oxygen atoms in total. The second-order valence-electron chi connectivity index (χ2n) is 2.01. The van der Waals surface area contributed by atoms with E-state index in [2.05, 4.69) is 23.1 Å². The Balaban J connectivity index is 0. The van der Waals surface area contributed by atoms with Crippen LogP contribution in [0, 0.1) is 0 Å². The van der Waals surface area contributed by atoms with Gasteiger partial charge in [-0.15, -0.1) is 13.1 Å². The van der Waals surface area contributed by atoms with Crippen LogP contribution in [-0.2, 0) is 17.0 Å². The first kappa shape index (κ1) is 14.0. The van der Waals surface area contributed by atoms with Crippen molar-refractivity contribution in [2.45, 2.75) is 13.1 Å². The van der Waals surface area contributed by atoms with Crippen molar-refractivity contribution in [2.75, 3.05) is 14.1 Å². The zero-order valence-corrected chi connectivity index (χ0v) is 10.7. The fourth-order valence-electron chi connectivity index (χ4n) is 0.100. The van der Waals surface area contributed by atoms with Gasteiger partial charge in [0.15, 0.2) is 0 Å². The molecule has 0 amide bonds. The summed E-state index contributed by atoms with van der Waals surface area (Å²) >= 11 is -0.556. The predicted molar refractivity (Wildman–Crippen MR) is 47.8 cm³/mol. The molecular weight excluding hydrogens is 223 g/mol. The first-order valence-electron chi connectivity index (χ1n) is 2.72. The molecule has 0 aliphatic carbocycles. The van der Waals surface area contributed by atoms with Crippen molar-refractivity contribution in [3.63, 3.8) is 0 Å². The van der Waals surface area contributed by atoms with E-state index in [0.29, 0.717) is 0 Å². The van der Waals surface area contributed by atoms with Gasteiger partial charge in [0.1, 0.15) is 0 Å². The van der Waals surface area contributed by atoms with Gasteiger partial charge in [-0.05, 0) is 0 Å². The summed E-state index contributed by atoms with van der Waals surface area (Å²) in [5.74, 6) is 0. The molecule has 0 fully saturated rings. The number of hydrogen-bond acceptors (Lipinski definition) is 0. The van der Waals surface area contributed by atoms with E-state index in [0.717, 1.165) is 0 Å². The Kier molecular flexibility index (Phi) is 11.9. The van der Waals surface area contributed by atoms with Crippen molar-refractivity contribution < 1.29 is 17.0 Å². The zero-order chi connectivity index (χ0) is 8.62. The molecule has 0 aliphatic heterocycles. The molecular formula is C4H12Cl2N2SiTi-2. The van der Waals surface area contributed by atoms with E-state index < -0.39 is 25.4 Å². The second-order valence-corrected chi connectivity index (χ2v) is 8.48. The van der Waals surface area contributed by atoms with Gasteiger partial charge in [-0.2, -0.15) is 22.5 Å². The minimum atomic E-state index is -1.40. The van der Waals surface area contributed by atoms with Gasteiger partial charge >= 0.3 is 35.6 Å². The fourth-order valence-corrected chi connectivity index (χ4v) is 0.300. The van der Waals surface area contributed by atoms with E-state index in [-0.39, 0.29) is 0 Å². The number of nitrogens with zero attached hydrogens (tertiary/aromatic N) is 2. The maximum atomic E-state index is 4.89. The van der Waals surface area contributed by atoms with Crippen molar-refractivity contribution in [1.29, 1.82) is 0 Å². The molecule has 62 valence electrons. The quantitative estimate of drug-likeness (QED) is 0.658. The normalized spacial score (nSPS) is 9.80. The van der Waals surface area contributed by atoms with Gasteiger partial charge in [-0.1, -0.05) is 0 Å². The molecule has 0 rings (SSSR count). The Hall–Kier alpha value is 1.43. The molecule has 0 aromatic carbocycles. The molecule has 0 radical (unpaired) electrons. The Morgan fingerprint density at radius 3 is 1.30 bits per heavy atom. The van der Waals surface area contributed by atoms with Crippen molar-refractivity contribution >= 4 is 27.0 Å². The van der Waals surface area contributed by atoms with Crippen molar-refractivity contribution in [3.8, 4) is 0 Å².